The van der Waals surface area contributed by atoms with Crippen molar-refractivity contribution < 1.29 is 13.2 Å². The summed E-state index contributed by atoms with van der Waals surface area (Å²) in [6, 6.07) is 8.77. The molecule has 0 radical (unpaired) electrons. The Morgan fingerprint density at radius 3 is 2.58 bits per heavy atom. The Labute approximate surface area is 145 Å². The fourth-order valence-electron chi connectivity index (χ4n) is 2.03. The molecule has 1 unspecified atom stereocenters. The Kier molecular flexibility index (Phi) is 6.41. The highest BCUT2D eigenvalue weighted by Crippen LogP contribution is 2.12. The van der Waals surface area contributed by atoms with Gasteiger partial charge in [-0.2, -0.15) is 21.6 Å². The van der Waals surface area contributed by atoms with Crippen LogP contribution in [-0.4, -0.2) is 42.2 Å². The van der Waals surface area contributed by atoms with Gasteiger partial charge in [-0.25, -0.2) is 8.42 Å². The van der Waals surface area contributed by atoms with Crippen LogP contribution >= 0.6 is 11.8 Å². The first-order valence-electron chi connectivity index (χ1n) is 7.29. The van der Waals surface area contributed by atoms with Gasteiger partial charge >= 0.3 is 0 Å². The smallest absolute Gasteiger partial charge is 0.243 e. The van der Waals surface area contributed by atoms with Crippen molar-refractivity contribution in [1.29, 1.82) is 0 Å². The second kappa shape index (κ2) is 8.32. The average molecular weight is 368 g/mol. The van der Waals surface area contributed by atoms with E-state index in [0.29, 0.717) is 18.0 Å². The average Bonchev–Trinajstić information content (AvgIpc) is 2.97. The lowest BCUT2D eigenvalue weighted by Gasteiger charge is -2.17. The van der Waals surface area contributed by atoms with Crippen molar-refractivity contribution in [2.45, 2.75) is 17.4 Å². The summed E-state index contributed by atoms with van der Waals surface area (Å²) in [5.41, 5.74) is 0. The summed E-state index contributed by atoms with van der Waals surface area (Å²) < 4.78 is 28.9. The first-order chi connectivity index (χ1) is 11.4. The molecule has 0 fully saturated rings. The molecule has 1 heterocycles. The molecule has 130 valence electrons. The van der Waals surface area contributed by atoms with Crippen LogP contribution in [0.5, 0.6) is 0 Å². The van der Waals surface area contributed by atoms with Crippen LogP contribution in [0.25, 0.3) is 0 Å². The lowest BCUT2D eigenvalue weighted by atomic mass is 10.2. The highest BCUT2D eigenvalue weighted by atomic mass is 32.2. The SMILES string of the molecule is CSCCC(NS(=O)(=O)c1ccccc1)C(=O)Nc1ccn(C)n1. The Hall–Kier alpha value is -1.84. The number of nitrogens with one attached hydrogen (secondary N) is 2. The van der Waals surface area contributed by atoms with E-state index in [4.69, 9.17) is 0 Å². The molecule has 1 aromatic heterocycles. The Balaban J connectivity index is 2.14. The molecular formula is C15H20N4O3S2. The van der Waals surface area contributed by atoms with Crippen molar-refractivity contribution in [3.63, 3.8) is 0 Å². The summed E-state index contributed by atoms with van der Waals surface area (Å²) in [7, 11) is -2.03. The number of aryl methyl sites for hydroxylation is 1. The molecule has 1 amide bonds. The maximum atomic E-state index is 12.4. The number of thioether (sulfide) groups is 1. The van der Waals surface area contributed by atoms with Gasteiger partial charge in [-0.1, -0.05) is 18.2 Å². The number of hydrogen-bond acceptors (Lipinski definition) is 5. The molecule has 1 aromatic carbocycles. The van der Waals surface area contributed by atoms with E-state index < -0.39 is 22.0 Å². The van der Waals surface area contributed by atoms with E-state index in [-0.39, 0.29) is 4.90 Å². The van der Waals surface area contributed by atoms with E-state index in [1.807, 2.05) is 6.26 Å². The Bertz CT molecular complexity index is 775. The molecule has 0 aliphatic carbocycles. The van der Waals surface area contributed by atoms with Gasteiger partial charge in [0, 0.05) is 19.3 Å². The molecule has 2 rings (SSSR count). The van der Waals surface area contributed by atoms with E-state index >= 15 is 0 Å². The van der Waals surface area contributed by atoms with Gasteiger partial charge in [0.2, 0.25) is 15.9 Å². The summed E-state index contributed by atoms with van der Waals surface area (Å²) >= 11 is 1.55. The molecule has 9 heteroatoms. The minimum absolute atomic E-state index is 0.129. The van der Waals surface area contributed by atoms with Crippen LogP contribution in [0.2, 0.25) is 0 Å². The zero-order valence-corrected chi connectivity index (χ0v) is 15.1. The lowest BCUT2D eigenvalue weighted by molar-refractivity contribution is -0.117. The molecule has 2 aromatic rings. The Morgan fingerprint density at radius 2 is 2.00 bits per heavy atom. The number of hydrogen-bond donors (Lipinski definition) is 2. The predicted molar refractivity (Wildman–Crippen MR) is 95.4 cm³/mol. The largest absolute Gasteiger partial charge is 0.308 e. The molecule has 1 atom stereocenters. The third kappa shape index (κ3) is 5.08. The molecule has 0 saturated heterocycles. The topological polar surface area (TPSA) is 93.1 Å². The van der Waals surface area contributed by atoms with Gasteiger partial charge in [0.25, 0.3) is 0 Å². The van der Waals surface area contributed by atoms with E-state index in [1.54, 1.807) is 54.0 Å². The van der Waals surface area contributed by atoms with Crippen molar-refractivity contribution in [3.8, 4) is 0 Å². The second-order valence-electron chi connectivity index (χ2n) is 5.13. The highest BCUT2D eigenvalue weighted by molar-refractivity contribution is 7.98. The van der Waals surface area contributed by atoms with Gasteiger partial charge in [-0.3, -0.25) is 9.48 Å². The van der Waals surface area contributed by atoms with E-state index in [1.165, 1.54) is 12.1 Å². The number of aromatic nitrogens is 2. The Morgan fingerprint density at radius 1 is 1.29 bits per heavy atom. The molecule has 7 nitrogen and oxygen atoms in total. The fourth-order valence-corrected chi connectivity index (χ4v) is 3.75. The van der Waals surface area contributed by atoms with Crippen LogP contribution < -0.4 is 10.0 Å². The molecule has 24 heavy (non-hydrogen) atoms. The number of carbonyl (C=O) groups excluding carboxylic acids is 1. The first-order valence-corrected chi connectivity index (χ1v) is 10.2. The van der Waals surface area contributed by atoms with Crippen molar-refractivity contribution in [2.75, 3.05) is 17.3 Å². The number of amides is 1. The lowest BCUT2D eigenvalue weighted by Crippen LogP contribution is -2.44. The summed E-state index contributed by atoms with van der Waals surface area (Å²) in [5, 5.41) is 6.71. The molecule has 2 N–H and O–H groups in total. The van der Waals surface area contributed by atoms with Crippen molar-refractivity contribution in [3.05, 3.63) is 42.6 Å². The van der Waals surface area contributed by atoms with E-state index in [9.17, 15) is 13.2 Å². The standard InChI is InChI=1S/C15H20N4O3S2/c1-19-10-8-14(17-19)16-15(20)13(9-11-23-2)18-24(21,22)12-6-4-3-5-7-12/h3-8,10,13,18H,9,11H2,1-2H3,(H,16,17,20). The predicted octanol–water partition coefficient (Wildman–Crippen LogP) is 1.46. The molecule has 0 aliphatic rings. The van der Waals surface area contributed by atoms with Crippen molar-refractivity contribution in [2.24, 2.45) is 7.05 Å². The normalized spacial score (nSPS) is 12.8. The monoisotopic (exact) mass is 368 g/mol. The van der Waals surface area contributed by atoms with E-state index in [0.717, 1.165) is 0 Å². The molecule has 0 saturated carbocycles. The van der Waals surface area contributed by atoms with Crippen molar-refractivity contribution >= 4 is 33.5 Å². The van der Waals surface area contributed by atoms with Gasteiger partial charge in [0.05, 0.1) is 4.90 Å². The van der Waals surface area contributed by atoms with Crippen LogP contribution in [0.15, 0.2) is 47.5 Å². The van der Waals surface area contributed by atoms with Crippen LogP contribution in [-0.2, 0) is 21.9 Å². The van der Waals surface area contributed by atoms with Crippen LogP contribution in [0.1, 0.15) is 6.42 Å². The first kappa shape index (κ1) is 18.5. The van der Waals surface area contributed by atoms with E-state index in [2.05, 4.69) is 15.1 Å². The number of benzene rings is 1. The maximum absolute atomic E-state index is 12.4. The van der Waals surface area contributed by atoms with Crippen LogP contribution in [0.4, 0.5) is 5.82 Å². The number of carbonyl (C=O) groups is 1. The summed E-state index contributed by atoms with van der Waals surface area (Å²) in [5.74, 6) is 0.607. The van der Waals surface area contributed by atoms with Gasteiger partial charge in [0.15, 0.2) is 5.82 Å². The number of rotatable bonds is 8. The summed E-state index contributed by atoms with van der Waals surface area (Å²) in [6.45, 7) is 0. The van der Waals surface area contributed by atoms with Crippen LogP contribution in [0.3, 0.4) is 0 Å². The fraction of sp³-hybridized carbons (Fsp3) is 0.333. The number of nitrogens with zero attached hydrogens (tertiary/aromatic N) is 2. The minimum Gasteiger partial charge on any atom is -0.308 e. The van der Waals surface area contributed by atoms with Gasteiger partial charge in [-0.05, 0) is 30.6 Å². The summed E-state index contributed by atoms with van der Waals surface area (Å²) in [4.78, 5) is 12.6. The molecule has 0 spiro atoms. The molecule has 0 bridgehead atoms. The quantitative estimate of drug-likeness (QED) is 0.736. The number of anilines is 1. The third-order valence-corrected chi connectivity index (χ3v) is 5.37. The second-order valence-corrected chi connectivity index (χ2v) is 7.83. The zero-order chi connectivity index (χ0) is 17.6. The summed E-state index contributed by atoms with van der Waals surface area (Å²) in [6.07, 6.45) is 3.98. The highest BCUT2D eigenvalue weighted by Gasteiger charge is 2.25. The maximum Gasteiger partial charge on any atom is 0.243 e. The van der Waals surface area contributed by atoms with Crippen molar-refractivity contribution in [1.82, 2.24) is 14.5 Å². The third-order valence-electron chi connectivity index (χ3n) is 3.24. The van der Waals surface area contributed by atoms with Crippen LogP contribution in [0, 0.1) is 0 Å². The molecule has 0 aliphatic heterocycles. The molecular weight excluding hydrogens is 348 g/mol. The zero-order valence-electron chi connectivity index (χ0n) is 13.5. The number of sulfonamides is 1. The minimum atomic E-state index is -3.77. The van der Waals surface area contributed by atoms with Gasteiger partial charge in [0.1, 0.15) is 6.04 Å². The van der Waals surface area contributed by atoms with Gasteiger partial charge in [-0.15, -0.1) is 0 Å². The van der Waals surface area contributed by atoms with Gasteiger partial charge < -0.3 is 5.32 Å².